The molecule has 0 fully saturated rings. The minimum atomic E-state index is -0.846. The van der Waals surface area contributed by atoms with Crippen molar-refractivity contribution in [3.63, 3.8) is 0 Å². The standard InChI is InChI=1S/C36H26N2O8S/c1-22-31(35(42)43-2)32(25-13-17-27(18-14-25)46-34(41)28-9-6-20-44-28)38-33(40)29(47-36(38)37-22)21-24-10-15-26(16-11-24)45-30(39)19-12-23-7-4-3-5-8-23/h3-21,32H,1-2H3/b19-12+,29-21+/t32-/m0/s1. The molecule has 3 heterocycles. The number of carbonyl (C=O) groups excluding carboxylic acids is 3. The summed E-state index contributed by atoms with van der Waals surface area (Å²) in [5.74, 6) is -1.14. The summed E-state index contributed by atoms with van der Waals surface area (Å²) in [4.78, 5) is 56.4. The molecule has 11 heteroatoms. The van der Waals surface area contributed by atoms with Gasteiger partial charge >= 0.3 is 17.9 Å². The van der Waals surface area contributed by atoms with Crippen molar-refractivity contribution < 1.29 is 33.0 Å². The van der Waals surface area contributed by atoms with Crippen molar-refractivity contribution in [1.82, 2.24) is 4.57 Å². The molecule has 0 unspecified atom stereocenters. The number of nitrogens with zero attached hydrogens (tertiary/aromatic N) is 2. The maximum Gasteiger partial charge on any atom is 0.379 e. The summed E-state index contributed by atoms with van der Waals surface area (Å²) in [6, 6.07) is 24.8. The zero-order valence-electron chi connectivity index (χ0n) is 25.1. The van der Waals surface area contributed by atoms with Crippen LogP contribution < -0.4 is 24.4 Å². The first-order valence-corrected chi connectivity index (χ1v) is 15.1. The van der Waals surface area contributed by atoms with E-state index in [-0.39, 0.29) is 22.6 Å². The van der Waals surface area contributed by atoms with Crippen LogP contribution in [-0.2, 0) is 14.3 Å². The van der Waals surface area contributed by atoms with Crippen LogP contribution in [0.25, 0.3) is 12.2 Å². The molecule has 0 saturated carbocycles. The molecule has 0 spiro atoms. The number of hydrogen-bond acceptors (Lipinski definition) is 10. The first kappa shape index (κ1) is 30.9. The van der Waals surface area contributed by atoms with Gasteiger partial charge in [-0.25, -0.2) is 19.4 Å². The molecule has 0 bridgehead atoms. The number of hydrogen-bond donors (Lipinski definition) is 0. The summed E-state index contributed by atoms with van der Waals surface area (Å²) >= 11 is 1.18. The fourth-order valence-electron chi connectivity index (χ4n) is 4.94. The number of esters is 3. The highest BCUT2D eigenvalue weighted by atomic mass is 32.1. The van der Waals surface area contributed by atoms with Crippen LogP contribution >= 0.6 is 11.3 Å². The zero-order valence-corrected chi connectivity index (χ0v) is 25.9. The lowest BCUT2D eigenvalue weighted by Gasteiger charge is -2.24. The Hall–Kier alpha value is -6.07. The number of ether oxygens (including phenoxy) is 3. The minimum absolute atomic E-state index is 0.0550. The monoisotopic (exact) mass is 646 g/mol. The third-order valence-electron chi connectivity index (χ3n) is 7.16. The van der Waals surface area contributed by atoms with E-state index in [1.165, 1.54) is 41.4 Å². The lowest BCUT2D eigenvalue weighted by molar-refractivity contribution is -0.136. The van der Waals surface area contributed by atoms with E-state index in [0.717, 1.165) is 5.56 Å². The Balaban J connectivity index is 1.27. The van der Waals surface area contributed by atoms with Crippen LogP contribution in [0.2, 0.25) is 0 Å². The quantitative estimate of drug-likeness (QED) is 0.133. The van der Waals surface area contributed by atoms with Gasteiger partial charge in [0, 0.05) is 6.08 Å². The van der Waals surface area contributed by atoms with Gasteiger partial charge in [-0.3, -0.25) is 9.36 Å². The van der Waals surface area contributed by atoms with Gasteiger partial charge in [0.15, 0.2) is 4.80 Å². The fraction of sp³-hybridized carbons (Fsp3) is 0.0833. The molecule has 1 aliphatic rings. The maximum atomic E-state index is 13.9. The molecule has 1 aliphatic heterocycles. The van der Waals surface area contributed by atoms with Crippen LogP contribution in [0.3, 0.4) is 0 Å². The first-order chi connectivity index (χ1) is 22.8. The van der Waals surface area contributed by atoms with Crippen LogP contribution in [0.4, 0.5) is 0 Å². The van der Waals surface area contributed by atoms with Crippen LogP contribution in [0, 0.1) is 0 Å². The number of furan rings is 1. The van der Waals surface area contributed by atoms with E-state index in [1.807, 2.05) is 30.3 Å². The normalized spacial score (nSPS) is 14.4. The molecular formula is C36H26N2O8S. The fourth-order valence-corrected chi connectivity index (χ4v) is 5.99. The number of methoxy groups -OCH3 is 1. The van der Waals surface area contributed by atoms with Crippen molar-refractivity contribution in [2.24, 2.45) is 4.99 Å². The molecule has 0 aliphatic carbocycles. The van der Waals surface area contributed by atoms with Gasteiger partial charge < -0.3 is 18.6 Å². The Labute approximate surface area is 271 Å². The number of aromatic nitrogens is 1. The first-order valence-electron chi connectivity index (χ1n) is 14.3. The van der Waals surface area contributed by atoms with Gasteiger partial charge in [0.1, 0.15) is 11.5 Å². The number of rotatable bonds is 8. The summed E-state index contributed by atoms with van der Waals surface area (Å²) in [7, 11) is 1.27. The smallest absolute Gasteiger partial charge is 0.379 e. The zero-order chi connectivity index (χ0) is 32.9. The summed E-state index contributed by atoms with van der Waals surface area (Å²) < 4.78 is 22.8. The van der Waals surface area contributed by atoms with E-state index < -0.39 is 23.9 Å². The molecule has 3 aromatic carbocycles. The van der Waals surface area contributed by atoms with E-state index >= 15 is 0 Å². The second kappa shape index (κ2) is 13.5. The second-order valence-electron chi connectivity index (χ2n) is 10.2. The Morgan fingerprint density at radius 1 is 0.851 bits per heavy atom. The number of fused-ring (bicyclic) bond motifs is 1. The van der Waals surface area contributed by atoms with E-state index in [0.29, 0.717) is 31.9 Å². The number of benzene rings is 3. The van der Waals surface area contributed by atoms with Crippen molar-refractivity contribution in [1.29, 1.82) is 0 Å². The Morgan fingerprint density at radius 2 is 1.55 bits per heavy atom. The molecule has 10 nitrogen and oxygen atoms in total. The average molecular weight is 647 g/mol. The number of thiazole rings is 1. The highest BCUT2D eigenvalue weighted by Gasteiger charge is 2.33. The molecule has 6 rings (SSSR count). The van der Waals surface area contributed by atoms with Crippen LogP contribution in [-0.4, -0.2) is 29.6 Å². The van der Waals surface area contributed by atoms with Crippen molar-refractivity contribution in [3.8, 4) is 11.5 Å². The van der Waals surface area contributed by atoms with Crippen molar-refractivity contribution in [2.45, 2.75) is 13.0 Å². The van der Waals surface area contributed by atoms with Crippen LogP contribution in [0.15, 0.2) is 129 Å². The Morgan fingerprint density at radius 3 is 2.23 bits per heavy atom. The number of allylic oxidation sites excluding steroid dienone is 1. The maximum absolute atomic E-state index is 13.9. The van der Waals surface area contributed by atoms with Crippen molar-refractivity contribution in [2.75, 3.05) is 7.11 Å². The summed E-state index contributed by atoms with van der Waals surface area (Å²) in [5.41, 5.74) is 2.41. The van der Waals surface area contributed by atoms with Crippen molar-refractivity contribution in [3.05, 3.63) is 157 Å². The van der Waals surface area contributed by atoms with E-state index in [4.69, 9.17) is 18.6 Å². The van der Waals surface area contributed by atoms with Gasteiger partial charge in [0.25, 0.3) is 5.56 Å². The summed E-state index contributed by atoms with van der Waals surface area (Å²) in [6.45, 7) is 1.69. The highest BCUT2D eigenvalue weighted by Crippen LogP contribution is 2.31. The summed E-state index contributed by atoms with van der Waals surface area (Å²) in [5, 5.41) is 0. The lowest BCUT2D eigenvalue weighted by atomic mass is 9.96. The molecule has 0 saturated heterocycles. The van der Waals surface area contributed by atoms with Gasteiger partial charge in [0.05, 0.1) is 35.2 Å². The molecule has 5 aromatic rings. The molecule has 47 heavy (non-hydrogen) atoms. The topological polar surface area (TPSA) is 126 Å². The van der Waals surface area contributed by atoms with Gasteiger partial charge in [-0.1, -0.05) is 65.9 Å². The average Bonchev–Trinajstić information content (AvgIpc) is 3.73. The summed E-state index contributed by atoms with van der Waals surface area (Å²) in [6.07, 6.45) is 6.10. The Bertz CT molecular complexity index is 2190. The van der Waals surface area contributed by atoms with Gasteiger partial charge in [-0.05, 0) is 72.2 Å². The van der Waals surface area contributed by atoms with Crippen molar-refractivity contribution >= 4 is 41.4 Å². The molecular weight excluding hydrogens is 620 g/mol. The van der Waals surface area contributed by atoms with Gasteiger partial charge in [-0.15, -0.1) is 0 Å². The molecule has 1 atom stereocenters. The van der Waals surface area contributed by atoms with Crippen LogP contribution in [0.1, 0.15) is 40.2 Å². The third-order valence-corrected chi connectivity index (χ3v) is 8.15. The highest BCUT2D eigenvalue weighted by molar-refractivity contribution is 7.07. The van der Waals surface area contributed by atoms with Gasteiger partial charge in [0.2, 0.25) is 5.76 Å². The predicted octanol–water partition coefficient (Wildman–Crippen LogP) is 4.84. The minimum Gasteiger partial charge on any atom is -0.466 e. The van der Waals surface area contributed by atoms with Crippen LogP contribution in [0.5, 0.6) is 11.5 Å². The molecule has 0 radical (unpaired) electrons. The SMILES string of the molecule is COC(=O)C1=C(C)N=c2s/c(=C/c3ccc(OC(=O)/C=C/c4ccccc4)cc3)c(=O)n2[C@H]1c1ccc(OC(=O)c2ccco2)cc1. The molecule has 0 amide bonds. The molecule has 0 N–H and O–H groups in total. The number of carbonyl (C=O) groups is 3. The van der Waals surface area contributed by atoms with E-state index in [9.17, 15) is 19.2 Å². The lowest BCUT2D eigenvalue weighted by Crippen LogP contribution is -2.39. The third kappa shape index (κ3) is 6.80. The van der Waals surface area contributed by atoms with E-state index in [1.54, 1.807) is 73.7 Å². The van der Waals surface area contributed by atoms with Gasteiger partial charge in [-0.2, -0.15) is 0 Å². The second-order valence-corrected chi connectivity index (χ2v) is 11.3. The van der Waals surface area contributed by atoms with E-state index in [2.05, 4.69) is 4.99 Å². The predicted molar refractivity (Wildman–Crippen MR) is 173 cm³/mol. The molecule has 2 aromatic heterocycles. The largest absolute Gasteiger partial charge is 0.466 e. The molecule has 234 valence electrons. The Kier molecular flexibility index (Phi) is 8.89.